The normalized spacial score (nSPS) is 15.1. The van der Waals surface area contributed by atoms with Crippen molar-refractivity contribution in [3.63, 3.8) is 0 Å². The zero-order valence-electron chi connectivity index (χ0n) is 10.7. The summed E-state index contributed by atoms with van der Waals surface area (Å²) >= 11 is 0. The Bertz CT molecular complexity index is 413. The Morgan fingerprint density at radius 2 is 1.65 bits per heavy atom. The number of halogens is 3. The van der Waals surface area contributed by atoms with E-state index in [1.54, 1.807) is 18.5 Å². The summed E-state index contributed by atoms with van der Waals surface area (Å²) in [6.45, 7) is 8.82. The van der Waals surface area contributed by atoms with Crippen LogP contribution in [0.3, 0.4) is 0 Å². The van der Waals surface area contributed by atoms with Crippen molar-refractivity contribution in [3.8, 4) is 0 Å². The second kappa shape index (κ2) is 4.01. The lowest BCUT2D eigenvalue weighted by molar-refractivity contribution is -0.149. The highest BCUT2D eigenvalue weighted by molar-refractivity contribution is 5.29. The number of hydrogen-bond donors (Lipinski definition) is 1. The maximum Gasteiger partial charge on any atom is 0.407 e. The van der Waals surface area contributed by atoms with E-state index in [1.807, 2.05) is 20.8 Å². The molecule has 17 heavy (non-hydrogen) atoms. The highest BCUT2D eigenvalue weighted by Crippen LogP contribution is 2.35. The lowest BCUT2D eigenvalue weighted by Crippen LogP contribution is -2.30. The van der Waals surface area contributed by atoms with Crippen LogP contribution in [0.25, 0.3) is 0 Å². The third-order valence-corrected chi connectivity index (χ3v) is 2.65. The van der Waals surface area contributed by atoms with Crippen molar-refractivity contribution in [2.45, 2.75) is 52.4 Å². The Balaban J connectivity index is 3.33. The summed E-state index contributed by atoms with van der Waals surface area (Å²) in [6.07, 6.45) is -4.44. The van der Waals surface area contributed by atoms with Crippen molar-refractivity contribution in [2.75, 3.05) is 0 Å². The molecule has 1 aromatic heterocycles. The first-order valence-corrected chi connectivity index (χ1v) is 5.35. The molecular formula is C11H18F3N3. The van der Waals surface area contributed by atoms with Gasteiger partial charge in [0.05, 0.1) is 11.2 Å². The summed E-state index contributed by atoms with van der Waals surface area (Å²) in [5.74, 6) is 0. The lowest BCUT2D eigenvalue weighted by Gasteiger charge is -2.22. The molecule has 0 aliphatic heterocycles. The maximum atomic E-state index is 12.6. The van der Waals surface area contributed by atoms with E-state index in [0.717, 1.165) is 0 Å². The molecule has 0 aliphatic carbocycles. The average Bonchev–Trinajstić information content (AvgIpc) is 2.38. The van der Waals surface area contributed by atoms with Gasteiger partial charge in [0.15, 0.2) is 0 Å². The van der Waals surface area contributed by atoms with E-state index in [4.69, 9.17) is 5.73 Å². The van der Waals surface area contributed by atoms with Crippen molar-refractivity contribution in [1.82, 2.24) is 9.78 Å². The number of aromatic nitrogens is 2. The summed E-state index contributed by atoms with van der Waals surface area (Å²) in [5, 5.41) is 4.15. The summed E-state index contributed by atoms with van der Waals surface area (Å²) in [7, 11) is 0. The van der Waals surface area contributed by atoms with Gasteiger partial charge in [0, 0.05) is 11.3 Å². The SMILES string of the molecule is Cc1nn(C(C)(C)C)c(C)c1C(N)C(F)(F)F. The smallest absolute Gasteiger partial charge is 0.316 e. The molecule has 0 saturated heterocycles. The first-order chi connectivity index (χ1) is 7.46. The minimum Gasteiger partial charge on any atom is -0.316 e. The fraction of sp³-hybridized carbons (Fsp3) is 0.727. The third-order valence-electron chi connectivity index (χ3n) is 2.65. The van der Waals surface area contributed by atoms with E-state index in [2.05, 4.69) is 5.10 Å². The third kappa shape index (κ3) is 2.62. The number of hydrogen-bond acceptors (Lipinski definition) is 2. The van der Waals surface area contributed by atoms with Gasteiger partial charge in [0.1, 0.15) is 6.04 Å². The molecule has 1 rings (SSSR count). The van der Waals surface area contributed by atoms with Crippen LogP contribution in [0, 0.1) is 13.8 Å². The molecule has 98 valence electrons. The van der Waals surface area contributed by atoms with Crippen LogP contribution >= 0.6 is 0 Å². The van der Waals surface area contributed by atoms with E-state index in [9.17, 15) is 13.2 Å². The number of alkyl halides is 3. The molecule has 0 aliphatic rings. The highest BCUT2D eigenvalue weighted by Gasteiger charge is 2.41. The second-order valence-corrected chi connectivity index (χ2v) is 5.19. The molecule has 0 aromatic carbocycles. The van der Waals surface area contributed by atoms with Crippen LogP contribution in [0.15, 0.2) is 0 Å². The fourth-order valence-corrected chi connectivity index (χ4v) is 1.92. The van der Waals surface area contributed by atoms with Crippen molar-refractivity contribution in [1.29, 1.82) is 0 Å². The van der Waals surface area contributed by atoms with Crippen LogP contribution in [0.1, 0.15) is 43.8 Å². The van der Waals surface area contributed by atoms with Gasteiger partial charge in [-0.05, 0) is 34.6 Å². The van der Waals surface area contributed by atoms with Gasteiger partial charge >= 0.3 is 6.18 Å². The van der Waals surface area contributed by atoms with Crippen LogP contribution in [0.5, 0.6) is 0 Å². The highest BCUT2D eigenvalue weighted by atomic mass is 19.4. The molecular weight excluding hydrogens is 231 g/mol. The Morgan fingerprint density at radius 3 is 1.94 bits per heavy atom. The molecule has 0 saturated carbocycles. The number of aryl methyl sites for hydroxylation is 1. The van der Waals surface area contributed by atoms with Crippen LogP contribution < -0.4 is 5.73 Å². The van der Waals surface area contributed by atoms with Crippen LogP contribution in [0.2, 0.25) is 0 Å². The van der Waals surface area contributed by atoms with E-state index in [1.165, 1.54) is 0 Å². The van der Waals surface area contributed by atoms with E-state index in [0.29, 0.717) is 11.4 Å². The zero-order valence-corrected chi connectivity index (χ0v) is 10.7. The van der Waals surface area contributed by atoms with Gasteiger partial charge in [0.25, 0.3) is 0 Å². The predicted octanol–water partition coefficient (Wildman–Crippen LogP) is 2.82. The minimum atomic E-state index is -4.44. The minimum absolute atomic E-state index is 0.0763. The topological polar surface area (TPSA) is 43.8 Å². The average molecular weight is 249 g/mol. The molecule has 0 radical (unpaired) electrons. The molecule has 1 aromatic rings. The van der Waals surface area contributed by atoms with Crippen LogP contribution in [-0.2, 0) is 5.54 Å². The van der Waals surface area contributed by atoms with E-state index >= 15 is 0 Å². The largest absolute Gasteiger partial charge is 0.407 e. The maximum absolute atomic E-state index is 12.6. The van der Waals surface area contributed by atoms with Crippen molar-refractivity contribution in [3.05, 3.63) is 17.0 Å². The first kappa shape index (κ1) is 14.0. The Hall–Kier alpha value is -1.04. The van der Waals surface area contributed by atoms with Gasteiger partial charge in [-0.25, -0.2) is 0 Å². The molecule has 0 amide bonds. The fourth-order valence-electron chi connectivity index (χ4n) is 1.92. The number of nitrogens with two attached hydrogens (primary N) is 1. The van der Waals surface area contributed by atoms with Crippen molar-refractivity contribution < 1.29 is 13.2 Å². The van der Waals surface area contributed by atoms with Gasteiger partial charge in [-0.1, -0.05) is 0 Å². The van der Waals surface area contributed by atoms with Crippen molar-refractivity contribution >= 4 is 0 Å². The van der Waals surface area contributed by atoms with Gasteiger partial charge in [0.2, 0.25) is 0 Å². The van der Waals surface area contributed by atoms with E-state index in [-0.39, 0.29) is 11.1 Å². The van der Waals surface area contributed by atoms with Crippen LogP contribution in [0.4, 0.5) is 13.2 Å². The van der Waals surface area contributed by atoms with E-state index < -0.39 is 12.2 Å². The van der Waals surface area contributed by atoms with Gasteiger partial charge in [-0.15, -0.1) is 0 Å². The molecule has 0 spiro atoms. The molecule has 0 bridgehead atoms. The quantitative estimate of drug-likeness (QED) is 0.831. The first-order valence-electron chi connectivity index (χ1n) is 5.35. The predicted molar refractivity (Wildman–Crippen MR) is 59.7 cm³/mol. The Morgan fingerprint density at radius 1 is 1.18 bits per heavy atom. The standard InChI is InChI=1S/C11H18F3N3/c1-6-8(9(15)11(12,13)14)7(2)17(16-6)10(3,4)5/h9H,15H2,1-5H3. The Kier molecular flexibility index (Phi) is 3.31. The number of nitrogens with zero attached hydrogens (tertiary/aromatic N) is 2. The molecule has 6 heteroatoms. The Labute approximate surface area is 98.8 Å². The zero-order chi connectivity index (χ0) is 13.6. The molecule has 1 atom stereocenters. The summed E-state index contributed by atoms with van der Waals surface area (Å²) in [4.78, 5) is 0. The van der Waals surface area contributed by atoms with Crippen molar-refractivity contribution in [2.24, 2.45) is 5.73 Å². The molecule has 1 heterocycles. The summed E-state index contributed by atoms with van der Waals surface area (Å²) in [5.41, 5.74) is 5.77. The molecule has 0 fully saturated rings. The van der Waals surface area contributed by atoms with Crippen LogP contribution in [-0.4, -0.2) is 16.0 Å². The van der Waals surface area contributed by atoms with Gasteiger partial charge < -0.3 is 5.73 Å². The van der Waals surface area contributed by atoms with Gasteiger partial charge in [-0.3, -0.25) is 4.68 Å². The van der Waals surface area contributed by atoms with Gasteiger partial charge in [-0.2, -0.15) is 18.3 Å². The lowest BCUT2D eigenvalue weighted by atomic mass is 10.0. The summed E-state index contributed by atoms with van der Waals surface area (Å²) < 4.78 is 39.5. The molecule has 2 N–H and O–H groups in total. The monoisotopic (exact) mass is 249 g/mol. The molecule has 3 nitrogen and oxygen atoms in total. The number of rotatable bonds is 1. The second-order valence-electron chi connectivity index (χ2n) is 5.19. The summed E-state index contributed by atoms with van der Waals surface area (Å²) in [6, 6.07) is -1.97. The molecule has 1 unspecified atom stereocenters.